The number of imidazole rings is 1. The summed E-state index contributed by atoms with van der Waals surface area (Å²) in [7, 11) is 0. The summed E-state index contributed by atoms with van der Waals surface area (Å²) in [6.07, 6.45) is 2.95. The van der Waals surface area contributed by atoms with Gasteiger partial charge in [0.2, 0.25) is 0 Å². The molecule has 4 nitrogen and oxygen atoms in total. The summed E-state index contributed by atoms with van der Waals surface area (Å²) in [5.41, 5.74) is 0.892. The maximum atomic E-state index is 10.6. The smallest absolute Gasteiger partial charge is 0.356 e. The van der Waals surface area contributed by atoms with Crippen LogP contribution in [0.5, 0.6) is 0 Å². The van der Waals surface area contributed by atoms with Crippen molar-refractivity contribution in [3.8, 4) is 5.69 Å². The highest BCUT2D eigenvalue weighted by Crippen LogP contribution is 2.20. The largest absolute Gasteiger partial charge is 0.476 e. The highest BCUT2D eigenvalue weighted by Gasteiger charge is 2.08. The average Bonchev–Trinajstić information content (AvgIpc) is 2.67. The molecule has 0 saturated carbocycles. The van der Waals surface area contributed by atoms with Gasteiger partial charge in [-0.3, -0.25) is 0 Å². The molecule has 2 rings (SSSR count). The number of benzene rings is 1. The second-order valence-electron chi connectivity index (χ2n) is 2.92. The Hall–Kier alpha value is -1.62. The van der Waals surface area contributed by atoms with Crippen molar-refractivity contribution in [2.75, 3.05) is 0 Å². The first kappa shape index (κ1) is 9.92. The van der Waals surface area contributed by atoms with E-state index in [1.807, 2.05) is 24.3 Å². The van der Waals surface area contributed by atoms with Crippen LogP contribution >= 0.6 is 15.9 Å². The lowest BCUT2D eigenvalue weighted by Gasteiger charge is -2.03. The fourth-order valence-electron chi connectivity index (χ4n) is 1.23. The molecule has 0 amide bonds. The first-order valence-electron chi connectivity index (χ1n) is 4.20. The second kappa shape index (κ2) is 3.86. The molecule has 1 aromatic heterocycles. The first-order valence-corrected chi connectivity index (χ1v) is 5.00. The summed E-state index contributed by atoms with van der Waals surface area (Å²) in [5, 5.41) is 8.73. The van der Waals surface area contributed by atoms with E-state index in [2.05, 4.69) is 20.9 Å². The molecule has 1 aromatic carbocycles. The zero-order chi connectivity index (χ0) is 10.8. The van der Waals surface area contributed by atoms with Crippen molar-refractivity contribution in [3.63, 3.8) is 0 Å². The Balaban J connectivity index is 2.46. The van der Waals surface area contributed by atoms with Gasteiger partial charge in [-0.25, -0.2) is 9.78 Å². The van der Waals surface area contributed by atoms with Crippen LogP contribution in [0.25, 0.3) is 5.69 Å². The van der Waals surface area contributed by atoms with Gasteiger partial charge in [0, 0.05) is 10.7 Å². The molecule has 0 radical (unpaired) electrons. The number of carboxylic acids is 1. The number of hydrogen-bond donors (Lipinski definition) is 1. The van der Waals surface area contributed by atoms with Crippen molar-refractivity contribution in [3.05, 3.63) is 47.0 Å². The minimum Gasteiger partial charge on any atom is -0.476 e. The van der Waals surface area contributed by atoms with Crippen molar-refractivity contribution in [1.82, 2.24) is 9.55 Å². The topological polar surface area (TPSA) is 55.1 Å². The zero-order valence-electron chi connectivity index (χ0n) is 7.59. The van der Waals surface area contributed by atoms with Gasteiger partial charge in [0.15, 0.2) is 5.69 Å². The number of nitrogens with zero attached hydrogens (tertiary/aromatic N) is 2. The molecule has 0 saturated heterocycles. The lowest BCUT2D eigenvalue weighted by molar-refractivity contribution is 0.0691. The van der Waals surface area contributed by atoms with Crippen molar-refractivity contribution in [2.24, 2.45) is 0 Å². The molecule has 1 heterocycles. The van der Waals surface area contributed by atoms with E-state index in [9.17, 15) is 4.79 Å². The Labute approximate surface area is 94.3 Å². The predicted octanol–water partition coefficient (Wildman–Crippen LogP) is 2.33. The first-order chi connectivity index (χ1) is 7.18. The Morgan fingerprint density at radius 3 is 2.73 bits per heavy atom. The standard InChI is InChI=1S/C10H7BrN2O2/c11-7-3-1-2-4-9(7)13-5-8(10(14)15)12-6-13/h1-6H,(H,14,15). The number of para-hydroxylation sites is 1. The van der Waals surface area contributed by atoms with Gasteiger partial charge >= 0.3 is 5.97 Å². The molecule has 76 valence electrons. The van der Waals surface area contributed by atoms with Crippen molar-refractivity contribution >= 4 is 21.9 Å². The van der Waals surface area contributed by atoms with Gasteiger partial charge in [-0.15, -0.1) is 0 Å². The van der Waals surface area contributed by atoms with Gasteiger partial charge in [0.05, 0.1) is 5.69 Å². The average molecular weight is 267 g/mol. The molecule has 15 heavy (non-hydrogen) atoms. The minimum absolute atomic E-state index is 0.0331. The summed E-state index contributed by atoms with van der Waals surface area (Å²) in [6, 6.07) is 7.52. The van der Waals surface area contributed by atoms with Gasteiger partial charge in [-0.2, -0.15) is 0 Å². The number of halogens is 1. The molecule has 5 heteroatoms. The van der Waals surface area contributed by atoms with Gasteiger partial charge in [-0.1, -0.05) is 12.1 Å². The summed E-state index contributed by atoms with van der Waals surface area (Å²) in [6.45, 7) is 0. The van der Waals surface area contributed by atoms with E-state index in [0.717, 1.165) is 10.2 Å². The van der Waals surface area contributed by atoms with E-state index in [1.165, 1.54) is 12.5 Å². The quantitative estimate of drug-likeness (QED) is 0.908. The minimum atomic E-state index is -1.03. The van der Waals surface area contributed by atoms with Gasteiger partial charge in [-0.05, 0) is 28.1 Å². The molecule has 0 spiro atoms. The van der Waals surface area contributed by atoms with Crippen LogP contribution in [0.4, 0.5) is 0 Å². The lowest BCUT2D eigenvalue weighted by atomic mass is 10.3. The Bertz CT molecular complexity index is 508. The van der Waals surface area contributed by atoms with E-state index in [1.54, 1.807) is 4.57 Å². The third-order valence-electron chi connectivity index (χ3n) is 1.93. The molecular formula is C10H7BrN2O2. The Morgan fingerprint density at radius 1 is 1.40 bits per heavy atom. The second-order valence-corrected chi connectivity index (χ2v) is 3.78. The van der Waals surface area contributed by atoms with E-state index in [-0.39, 0.29) is 5.69 Å². The van der Waals surface area contributed by atoms with E-state index >= 15 is 0 Å². The molecule has 0 unspecified atom stereocenters. The van der Waals surface area contributed by atoms with Crippen LogP contribution in [-0.4, -0.2) is 20.6 Å². The molecule has 0 fully saturated rings. The molecule has 0 aliphatic carbocycles. The third kappa shape index (κ3) is 1.92. The van der Waals surface area contributed by atoms with Gasteiger partial charge in [0.1, 0.15) is 6.33 Å². The van der Waals surface area contributed by atoms with Crippen LogP contribution < -0.4 is 0 Å². The maximum absolute atomic E-state index is 10.6. The molecule has 0 bridgehead atoms. The Kier molecular flexibility index (Phi) is 2.55. The highest BCUT2D eigenvalue weighted by molar-refractivity contribution is 9.10. The van der Waals surface area contributed by atoms with Crippen LogP contribution in [0, 0.1) is 0 Å². The normalized spacial score (nSPS) is 10.2. The number of aromatic nitrogens is 2. The monoisotopic (exact) mass is 266 g/mol. The maximum Gasteiger partial charge on any atom is 0.356 e. The SMILES string of the molecule is O=C(O)c1cn(-c2ccccc2Br)cn1. The third-order valence-corrected chi connectivity index (χ3v) is 2.60. The lowest BCUT2D eigenvalue weighted by Crippen LogP contribution is -1.96. The molecule has 0 atom stereocenters. The number of carbonyl (C=O) groups is 1. The van der Waals surface area contributed by atoms with Crippen LogP contribution in [-0.2, 0) is 0 Å². The summed E-state index contributed by atoms with van der Waals surface area (Å²) < 4.78 is 2.55. The molecule has 2 aromatic rings. The summed E-state index contributed by atoms with van der Waals surface area (Å²) in [4.78, 5) is 14.4. The van der Waals surface area contributed by atoms with Crippen LogP contribution in [0.2, 0.25) is 0 Å². The molecule has 0 aliphatic heterocycles. The summed E-state index contributed by atoms with van der Waals surface area (Å²) >= 11 is 3.38. The molecule has 0 aliphatic rings. The zero-order valence-corrected chi connectivity index (χ0v) is 9.18. The Morgan fingerprint density at radius 2 is 2.13 bits per heavy atom. The summed E-state index contributed by atoms with van der Waals surface area (Å²) in [5.74, 6) is -1.03. The van der Waals surface area contributed by atoms with Gasteiger partial charge < -0.3 is 9.67 Å². The van der Waals surface area contributed by atoms with Crippen molar-refractivity contribution < 1.29 is 9.90 Å². The fraction of sp³-hybridized carbons (Fsp3) is 0. The van der Waals surface area contributed by atoms with Crippen molar-refractivity contribution in [1.29, 1.82) is 0 Å². The fourth-order valence-corrected chi connectivity index (χ4v) is 1.72. The van der Waals surface area contributed by atoms with E-state index < -0.39 is 5.97 Å². The van der Waals surface area contributed by atoms with Crippen LogP contribution in [0.15, 0.2) is 41.3 Å². The van der Waals surface area contributed by atoms with E-state index in [0.29, 0.717) is 0 Å². The molecule has 1 N–H and O–H groups in total. The number of carboxylic acid groups (broad SMARTS) is 1. The van der Waals surface area contributed by atoms with Crippen LogP contribution in [0.3, 0.4) is 0 Å². The number of rotatable bonds is 2. The molecular weight excluding hydrogens is 260 g/mol. The van der Waals surface area contributed by atoms with Gasteiger partial charge in [0.25, 0.3) is 0 Å². The van der Waals surface area contributed by atoms with E-state index in [4.69, 9.17) is 5.11 Å². The highest BCUT2D eigenvalue weighted by atomic mass is 79.9. The number of hydrogen-bond acceptors (Lipinski definition) is 2. The van der Waals surface area contributed by atoms with Crippen molar-refractivity contribution in [2.45, 2.75) is 0 Å². The number of aromatic carboxylic acids is 1. The predicted molar refractivity (Wildman–Crippen MR) is 58.2 cm³/mol. The van der Waals surface area contributed by atoms with Crippen LogP contribution in [0.1, 0.15) is 10.5 Å².